The molecule has 1 N–H and O–H groups in total. The van der Waals surface area contributed by atoms with Crippen LogP contribution in [0, 0.1) is 5.92 Å². The number of urea groups is 1. The van der Waals surface area contributed by atoms with Crippen LogP contribution >= 0.6 is 0 Å². The Morgan fingerprint density at radius 1 is 1.42 bits per heavy atom. The highest BCUT2D eigenvalue weighted by molar-refractivity contribution is 5.75. The van der Waals surface area contributed by atoms with Crippen LogP contribution in [-0.2, 0) is 11.3 Å². The number of rotatable bonds is 4. The number of amides is 2. The average Bonchev–Trinajstić information content (AvgIpc) is 2.33. The van der Waals surface area contributed by atoms with Crippen LogP contribution in [-0.4, -0.2) is 52.0 Å². The fraction of sp³-hybridized carbons (Fsp3) is 0.462. The molecule has 0 unspecified atom stereocenters. The topological polar surface area (TPSA) is 73.7 Å². The normalized spacial score (nSPS) is 14.9. The zero-order valence-electron chi connectivity index (χ0n) is 10.8. The second-order valence-electron chi connectivity index (χ2n) is 4.86. The third-order valence-corrected chi connectivity index (χ3v) is 3.19. The van der Waals surface area contributed by atoms with Gasteiger partial charge in [0.25, 0.3) is 0 Å². The molecule has 102 valence electrons. The lowest BCUT2D eigenvalue weighted by atomic mass is 9.97. The molecule has 1 fully saturated rings. The molecule has 19 heavy (non-hydrogen) atoms. The average molecular weight is 263 g/mol. The van der Waals surface area contributed by atoms with E-state index in [-0.39, 0.29) is 18.4 Å². The fourth-order valence-corrected chi connectivity index (χ4v) is 2.17. The van der Waals surface area contributed by atoms with Crippen molar-refractivity contribution in [2.75, 3.05) is 20.1 Å². The van der Waals surface area contributed by atoms with Crippen molar-refractivity contribution in [1.29, 1.82) is 0 Å². The van der Waals surface area contributed by atoms with Gasteiger partial charge in [0.05, 0.1) is 6.42 Å². The first-order valence-corrected chi connectivity index (χ1v) is 6.17. The van der Waals surface area contributed by atoms with E-state index in [4.69, 9.17) is 5.11 Å². The van der Waals surface area contributed by atoms with Crippen molar-refractivity contribution in [3.05, 3.63) is 30.1 Å². The van der Waals surface area contributed by atoms with Gasteiger partial charge in [-0.15, -0.1) is 0 Å². The monoisotopic (exact) mass is 263 g/mol. The second kappa shape index (κ2) is 5.69. The Morgan fingerprint density at radius 2 is 2.05 bits per heavy atom. The van der Waals surface area contributed by atoms with Gasteiger partial charge in [0, 0.05) is 45.0 Å². The smallest absolute Gasteiger partial charge is 0.320 e. The van der Waals surface area contributed by atoms with E-state index in [0.29, 0.717) is 19.6 Å². The summed E-state index contributed by atoms with van der Waals surface area (Å²) in [6.07, 6.45) is 3.53. The lowest BCUT2D eigenvalue weighted by molar-refractivity contribution is -0.139. The van der Waals surface area contributed by atoms with Gasteiger partial charge in [0.15, 0.2) is 0 Å². The number of carbonyl (C=O) groups excluding carboxylic acids is 1. The number of carboxylic acid groups (broad SMARTS) is 1. The van der Waals surface area contributed by atoms with Crippen molar-refractivity contribution in [2.24, 2.45) is 5.92 Å². The van der Waals surface area contributed by atoms with Gasteiger partial charge in [0.1, 0.15) is 0 Å². The van der Waals surface area contributed by atoms with Gasteiger partial charge in [-0.3, -0.25) is 9.78 Å². The summed E-state index contributed by atoms with van der Waals surface area (Å²) in [6, 6.07) is 3.68. The Labute approximate surface area is 111 Å². The Morgan fingerprint density at radius 3 is 2.63 bits per heavy atom. The largest absolute Gasteiger partial charge is 0.481 e. The lowest BCUT2D eigenvalue weighted by Crippen LogP contribution is -2.54. The van der Waals surface area contributed by atoms with E-state index in [1.165, 1.54) is 0 Å². The first kappa shape index (κ1) is 13.3. The zero-order valence-corrected chi connectivity index (χ0v) is 10.8. The van der Waals surface area contributed by atoms with Crippen LogP contribution < -0.4 is 0 Å². The maximum atomic E-state index is 12.0. The van der Waals surface area contributed by atoms with Crippen LogP contribution in [0.4, 0.5) is 4.79 Å². The molecule has 2 rings (SSSR count). The highest BCUT2D eigenvalue weighted by atomic mass is 16.4. The summed E-state index contributed by atoms with van der Waals surface area (Å²) in [7, 11) is 1.74. The Kier molecular flexibility index (Phi) is 3.99. The molecule has 1 aliphatic heterocycles. The summed E-state index contributed by atoms with van der Waals surface area (Å²) >= 11 is 0. The maximum absolute atomic E-state index is 12.0. The summed E-state index contributed by atoms with van der Waals surface area (Å²) in [6.45, 7) is 1.60. The molecule has 0 spiro atoms. The molecule has 0 aliphatic carbocycles. The highest BCUT2D eigenvalue weighted by Gasteiger charge is 2.33. The van der Waals surface area contributed by atoms with Crippen LogP contribution in [0.1, 0.15) is 12.0 Å². The molecular formula is C13H17N3O3. The van der Waals surface area contributed by atoms with Crippen molar-refractivity contribution in [3.63, 3.8) is 0 Å². The van der Waals surface area contributed by atoms with E-state index in [1.807, 2.05) is 12.1 Å². The number of likely N-dealkylation sites (tertiary alicyclic amines) is 1. The van der Waals surface area contributed by atoms with Crippen molar-refractivity contribution >= 4 is 12.0 Å². The quantitative estimate of drug-likeness (QED) is 0.880. The summed E-state index contributed by atoms with van der Waals surface area (Å²) < 4.78 is 0. The molecule has 1 aliphatic rings. The summed E-state index contributed by atoms with van der Waals surface area (Å²) in [5.41, 5.74) is 1.02. The van der Waals surface area contributed by atoms with Gasteiger partial charge < -0.3 is 14.9 Å². The summed E-state index contributed by atoms with van der Waals surface area (Å²) in [5, 5.41) is 8.66. The molecule has 2 amide bonds. The fourth-order valence-electron chi connectivity index (χ4n) is 2.17. The molecule has 0 atom stereocenters. The number of aromatic nitrogens is 1. The van der Waals surface area contributed by atoms with Crippen LogP contribution in [0.15, 0.2) is 24.5 Å². The van der Waals surface area contributed by atoms with Crippen molar-refractivity contribution in [2.45, 2.75) is 13.0 Å². The predicted molar refractivity (Wildman–Crippen MR) is 68.4 cm³/mol. The Hall–Kier alpha value is -2.11. The lowest BCUT2D eigenvalue weighted by Gasteiger charge is -2.40. The van der Waals surface area contributed by atoms with Gasteiger partial charge in [-0.1, -0.05) is 0 Å². The van der Waals surface area contributed by atoms with E-state index in [0.717, 1.165) is 5.56 Å². The first-order valence-electron chi connectivity index (χ1n) is 6.17. The molecule has 1 aromatic rings. The summed E-state index contributed by atoms with van der Waals surface area (Å²) in [4.78, 5) is 29.8. The van der Waals surface area contributed by atoms with Crippen LogP contribution in [0.5, 0.6) is 0 Å². The highest BCUT2D eigenvalue weighted by Crippen LogP contribution is 2.20. The van der Waals surface area contributed by atoms with E-state index >= 15 is 0 Å². The molecule has 1 aromatic heterocycles. The number of carboxylic acids is 1. The molecule has 1 saturated heterocycles. The SMILES string of the molecule is CN(Cc1ccncc1)C(=O)N1CC(CC(=O)O)C1. The van der Waals surface area contributed by atoms with Gasteiger partial charge in [0.2, 0.25) is 0 Å². The molecule has 0 saturated carbocycles. The standard InChI is InChI=1S/C13H17N3O3/c1-15(7-10-2-4-14-5-3-10)13(19)16-8-11(9-16)6-12(17)18/h2-5,11H,6-9H2,1H3,(H,17,18). The van der Waals surface area contributed by atoms with Crippen molar-refractivity contribution in [1.82, 2.24) is 14.8 Å². The Bertz CT molecular complexity index is 457. The van der Waals surface area contributed by atoms with Crippen LogP contribution in [0.25, 0.3) is 0 Å². The number of carbonyl (C=O) groups is 2. The minimum atomic E-state index is -0.803. The van der Waals surface area contributed by atoms with Gasteiger partial charge in [-0.2, -0.15) is 0 Å². The van der Waals surface area contributed by atoms with Crippen LogP contribution in [0.2, 0.25) is 0 Å². The van der Waals surface area contributed by atoms with Crippen molar-refractivity contribution < 1.29 is 14.7 Å². The molecule has 6 nitrogen and oxygen atoms in total. The van der Waals surface area contributed by atoms with Gasteiger partial charge in [-0.05, 0) is 17.7 Å². The van der Waals surface area contributed by atoms with E-state index in [1.54, 1.807) is 29.2 Å². The third kappa shape index (κ3) is 3.43. The van der Waals surface area contributed by atoms with E-state index in [9.17, 15) is 9.59 Å². The number of pyridine rings is 1. The number of aliphatic carboxylic acids is 1. The molecule has 0 aromatic carbocycles. The molecular weight excluding hydrogens is 246 g/mol. The Balaban J connectivity index is 1.80. The van der Waals surface area contributed by atoms with E-state index in [2.05, 4.69) is 4.98 Å². The maximum Gasteiger partial charge on any atom is 0.320 e. The minimum Gasteiger partial charge on any atom is -0.481 e. The number of nitrogens with zero attached hydrogens (tertiary/aromatic N) is 3. The molecule has 0 bridgehead atoms. The number of hydrogen-bond acceptors (Lipinski definition) is 3. The molecule has 2 heterocycles. The van der Waals surface area contributed by atoms with Crippen molar-refractivity contribution in [3.8, 4) is 0 Å². The van der Waals surface area contributed by atoms with Gasteiger partial charge in [-0.25, -0.2) is 4.79 Å². The zero-order chi connectivity index (χ0) is 13.8. The number of hydrogen-bond donors (Lipinski definition) is 1. The first-order chi connectivity index (χ1) is 9.06. The van der Waals surface area contributed by atoms with Crippen LogP contribution in [0.3, 0.4) is 0 Å². The second-order valence-corrected chi connectivity index (χ2v) is 4.86. The minimum absolute atomic E-state index is 0.0570. The molecule has 0 radical (unpaired) electrons. The summed E-state index contributed by atoms with van der Waals surface area (Å²) in [5.74, 6) is -0.710. The van der Waals surface area contributed by atoms with E-state index < -0.39 is 5.97 Å². The van der Waals surface area contributed by atoms with Gasteiger partial charge >= 0.3 is 12.0 Å². The third-order valence-electron chi connectivity index (χ3n) is 3.19. The predicted octanol–water partition coefficient (Wildman–Crippen LogP) is 1.04. The molecule has 6 heteroatoms.